The minimum absolute atomic E-state index is 0.177. The quantitative estimate of drug-likeness (QED) is 0.752. The van der Waals surface area contributed by atoms with Crippen LogP contribution in [0.2, 0.25) is 0 Å². The van der Waals surface area contributed by atoms with Crippen molar-refractivity contribution in [3.63, 3.8) is 0 Å². The maximum atomic E-state index is 12.6. The van der Waals surface area contributed by atoms with Crippen LogP contribution in [0.15, 0.2) is 16.7 Å². The summed E-state index contributed by atoms with van der Waals surface area (Å²) >= 11 is 3.14. The number of aromatic amines is 1. The molecule has 1 aromatic carbocycles. The van der Waals surface area contributed by atoms with E-state index in [0.29, 0.717) is 15.4 Å². The molecule has 0 saturated carbocycles. The summed E-state index contributed by atoms with van der Waals surface area (Å²) in [6, 6.07) is 1.07. The Hall–Kier alpha value is -1.04. The lowest BCUT2D eigenvalue weighted by atomic mass is 10.1. The Balaban J connectivity index is 0.000000686. The maximum Gasteiger partial charge on any atom is 0.416 e. The third-order valence-electron chi connectivity index (χ3n) is 2.23. The first kappa shape index (κ1) is 14.0. The number of nitrogens with zero attached hydrogens (tertiary/aromatic N) is 1. The fraction of sp³-hybridized carbons (Fsp3) is 0.364. The summed E-state index contributed by atoms with van der Waals surface area (Å²) in [6.45, 7) is 5.43. The fourth-order valence-corrected chi connectivity index (χ4v) is 1.98. The van der Waals surface area contributed by atoms with Gasteiger partial charge in [0, 0.05) is 9.86 Å². The number of H-pyrrole nitrogens is 1. The van der Waals surface area contributed by atoms with Crippen LogP contribution in [0.1, 0.15) is 25.0 Å². The van der Waals surface area contributed by atoms with E-state index >= 15 is 0 Å². The Morgan fingerprint density at radius 2 is 1.88 bits per heavy atom. The van der Waals surface area contributed by atoms with Crippen LogP contribution < -0.4 is 0 Å². The summed E-state index contributed by atoms with van der Waals surface area (Å²) in [7, 11) is 0. The monoisotopic (exact) mass is 308 g/mol. The smallest absolute Gasteiger partial charge is 0.278 e. The lowest BCUT2D eigenvalue weighted by Gasteiger charge is -2.11. The number of alkyl halides is 3. The lowest BCUT2D eigenvalue weighted by Crippen LogP contribution is -2.07. The Labute approximate surface area is 105 Å². The minimum Gasteiger partial charge on any atom is -0.278 e. The molecular weight excluding hydrogens is 297 g/mol. The van der Waals surface area contributed by atoms with Crippen LogP contribution in [-0.2, 0) is 6.18 Å². The number of nitrogens with one attached hydrogen (secondary N) is 1. The second kappa shape index (κ2) is 5.08. The van der Waals surface area contributed by atoms with Gasteiger partial charge >= 0.3 is 6.18 Å². The molecule has 1 N–H and O–H groups in total. The first-order chi connectivity index (χ1) is 7.91. The molecule has 1 heterocycles. The number of aromatic nitrogens is 2. The van der Waals surface area contributed by atoms with Gasteiger partial charge in [-0.25, -0.2) is 0 Å². The van der Waals surface area contributed by atoms with Gasteiger partial charge in [-0.2, -0.15) is 18.3 Å². The lowest BCUT2D eigenvalue weighted by molar-refractivity contribution is -0.138. The molecule has 0 amide bonds. The number of hydrogen-bond acceptors (Lipinski definition) is 1. The summed E-state index contributed by atoms with van der Waals surface area (Å²) in [4.78, 5) is 0. The van der Waals surface area contributed by atoms with E-state index in [2.05, 4.69) is 26.1 Å². The number of hydrogen-bond donors (Lipinski definition) is 1. The topological polar surface area (TPSA) is 28.7 Å². The molecule has 0 aliphatic rings. The van der Waals surface area contributed by atoms with Crippen LogP contribution in [0.4, 0.5) is 13.2 Å². The van der Waals surface area contributed by atoms with Crippen molar-refractivity contribution in [2.24, 2.45) is 0 Å². The highest BCUT2D eigenvalue weighted by atomic mass is 79.9. The maximum absolute atomic E-state index is 12.6. The van der Waals surface area contributed by atoms with Crippen LogP contribution in [-0.4, -0.2) is 10.2 Å². The molecule has 94 valence electrons. The van der Waals surface area contributed by atoms with Crippen molar-refractivity contribution in [2.75, 3.05) is 0 Å². The standard InChI is InChI=1S/C9H6BrF3N2.C2H6/c1-4-6(9(11,12)13)2-7-5(8(4)10)3-14-15-7;1-2/h2-3H,1H3,(H,14,15);1-2H3. The Morgan fingerprint density at radius 1 is 1.29 bits per heavy atom. The second-order valence-electron chi connectivity index (χ2n) is 3.19. The predicted molar refractivity (Wildman–Crippen MR) is 64.9 cm³/mol. The SMILES string of the molecule is CC.Cc1c(C(F)(F)F)cc2[nH]ncc2c1Br. The first-order valence-corrected chi connectivity index (χ1v) is 5.90. The van der Waals surface area contributed by atoms with E-state index in [4.69, 9.17) is 0 Å². The molecule has 2 nitrogen and oxygen atoms in total. The van der Waals surface area contributed by atoms with Gasteiger partial charge in [0.2, 0.25) is 0 Å². The van der Waals surface area contributed by atoms with Crippen molar-refractivity contribution >= 4 is 26.8 Å². The average molecular weight is 309 g/mol. The van der Waals surface area contributed by atoms with E-state index in [1.165, 1.54) is 13.1 Å². The van der Waals surface area contributed by atoms with Gasteiger partial charge in [0.05, 0.1) is 17.3 Å². The summed E-state index contributed by atoms with van der Waals surface area (Å²) in [5, 5.41) is 6.88. The minimum atomic E-state index is -4.34. The largest absolute Gasteiger partial charge is 0.416 e. The van der Waals surface area contributed by atoms with E-state index in [9.17, 15) is 13.2 Å². The van der Waals surface area contributed by atoms with Crippen LogP contribution in [0.5, 0.6) is 0 Å². The molecule has 0 fully saturated rings. The van der Waals surface area contributed by atoms with E-state index in [-0.39, 0.29) is 5.56 Å². The number of fused-ring (bicyclic) bond motifs is 1. The molecule has 0 saturated heterocycles. The average Bonchev–Trinajstić information content (AvgIpc) is 2.73. The summed E-state index contributed by atoms with van der Waals surface area (Å²) in [6.07, 6.45) is -2.85. The number of rotatable bonds is 0. The van der Waals surface area contributed by atoms with Crippen molar-refractivity contribution in [3.05, 3.63) is 27.9 Å². The molecule has 0 bridgehead atoms. The van der Waals surface area contributed by atoms with Crippen molar-refractivity contribution in [2.45, 2.75) is 26.9 Å². The van der Waals surface area contributed by atoms with Gasteiger partial charge in [0.25, 0.3) is 0 Å². The highest BCUT2D eigenvalue weighted by Crippen LogP contribution is 2.38. The molecule has 0 spiro atoms. The Kier molecular flexibility index (Phi) is 4.19. The molecule has 2 aromatic rings. The zero-order valence-electron chi connectivity index (χ0n) is 9.61. The van der Waals surface area contributed by atoms with Gasteiger partial charge < -0.3 is 0 Å². The van der Waals surface area contributed by atoms with Crippen LogP contribution in [0.25, 0.3) is 10.9 Å². The van der Waals surface area contributed by atoms with E-state index in [1.807, 2.05) is 13.8 Å². The Morgan fingerprint density at radius 3 is 2.41 bits per heavy atom. The first-order valence-electron chi connectivity index (χ1n) is 5.10. The van der Waals surface area contributed by atoms with Gasteiger partial charge in [-0.15, -0.1) is 0 Å². The normalized spacial score (nSPS) is 11.2. The summed E-state index contributed by atoms with van der Waals surface area (Å²) < 4.78 is 38.3. The van der Waals surface area contributed by atoms with Gasteiger partial charge in [0.1, 0.15) is 0 Å². The van der Waals surface area contributed by atoms with E-state index < -0.39 is 11.7 Å². The summed E-state index contributed by atoms with van der Waals surface area (Å²) in [5.74, 6) is 0. The van der Waals surface area contributed by atoms with Crippen molar-refractivity contribution in [3.8, 4) is 0 Å². The van der Waals surface area contributed by atoms with Crippen molar-refractivity contribution in [1.29, 1.82) is 0 Å². The van der Waals surface area contributed by atoms with Crippen LogP contribution >= 0.6 is 15.9 Å². The molecule has 0 atom stereocenters. The Bertz CT molecular complexity index is 517. The molecular formula is C11H12BrF3N2. The van der Waals surface area contributed by atoms with E-state index in [1.54, 1.807) is 0 Å². The van der Waals surface area contributed by atoms with Crippen molar-refractivity contribution in [1.82, 2.24) is 10.2 Å². The van der Waals surface area contributed by atoms with E-state index in [0.717, 1.165) is 6.07 Å². The predicted octanol–water partition coefficient (Wildman–Crippen LogP) is 4.68. The third-order valence-corrected chi connectivity index (χ3v) is 3.25. The molecule has 0 unspecified atom stereocenters. The zero-order chi connectivity index (χ0) is 13.2. The van der Waals surface area contributed by atoms with Gasteiger partial charge in [-0.05, 0) is 34.5 Å². The molecule has 0 aliphatic heterocycles. The molecule has 0 radical (unpaired) electrons. The molecule has 17 heavy (non-hydrogen) atoms. The van der Waals surface area contributed by atoms with Gasteiger partial charge in [0.15, 0.2) is 0 Å². The number of benzene rings is 1. The third kappa shape index (κ3) is 2.62. The summed E-state index contributed by atoms with van der Waals surface area (Å²) in [5.41, 5.74) is -0.0951. The molecule has 2 rings (SSSR count). The highest BCUT2D eigenvalue weighted by molar-refractivity contribution is 9.10. The second-order valence-corrected chi connectivity index (χ2v) is 3.99. The van der Waals surface area contributed by atoms with Crippen LogP contribution in [0.3, 0.4) is 0 Å². The molecule has 6 heteroatoms. The fourth-order valence-electron chi connectivity index (χ4n) is 1.45. The van der Waals surface area contributed by atoms with Gasteiger partial charge in [-0.3, -0.25) is 5.10 Å². The highest BCUT2D eigenvalue weighted by Gasteiger charge is 2.33. The van der Waals surface area contributed by atoms with Gasteiger partial charge in [-0.1, -0.05) is 13.8 Å². The molecule has 0 aliphatic carbocycles. The van der Waals surface area contributed by atoms with Crippen LogP contribution in [0, 0.1) is 6.92 Å². The number of halogens is 4. The zero-order valence-corrected chi connectivity index (χ0v) is 11.2. The molecule has 1 aromatic heterocycles. The van der Waals surface area contributed by atoms with Crippen molar-refractivity contribution < 1.29 is 13.2 Å².